The normalized spacial score (nSPS) is 15.7. The van der Waals surface area contributed by atoms with Gasteiger partial charge < -0.3 is 25.0 Å². The number of para-hydroxylation sites is 1. The highest BCUT2D eigenvalue weighted by molar-refractivity contribution is 5.79. The molecular weight excluding hydrogens is 328 g/mol. The van der Waals surface area contributed by atoms with Crippen LogP contribution >= 0.6 is 0 Å². The van der Waals surface area contributed by atoms with E-state index in [-0.39, 0.29) is 0 Å². The predicted octanol–water partition coefficient (Wildman–Crippen LogP) is 2.12. The molecule has 6 heteroatoms. The van der Waals surface area contributed by atoms with Crippen molar-refractivity contribution in [3.63, 3.8) is 0 Å². The molecule has 1 aliphatic rings. The van der Waals surface area contributed by atoms with Crippen LogP contribution in [0.4, 0.5) is 5.69 Å². The van der Waals surface area contributed by atoms with E-state index in [1.807, 2.05) is 6.07 Å². The van der Waals surface area contributed by atoms with Gasteiger partial charge in [0.2, 0.25) is 0 Å². The quantitative estimate of drug-likeness (QED) is 0.379. The van der Waals surface area contributed by atoms with Gasteiger partial charge in [-0.15, -0.1) is 0 Å². The first-order chi connectivity index (χ1) is 12.8. The molecule has 2 N–H and O–H groups in total. The third-order valence-electron chi connectivity index (χ3n) is 4.61. The van der Waals surface area contributed by atoms with E-state index in [2.05, 4.69) is 51.8 Å². The maximum Gasteiger partial charge on any atom is 0.191 e. The lowest BCUT2D eigenvalue weighted by atomic mass is 10.0. The molecule has 0 radical (unpaired) electrons. The highest BCUT2D eigenvalue weighted by Crippen LogP contribution is 2.14. The Morgan fingerprint density at radius 2 is 1.92 bits per heavy atom. The summed E-state index contributed by atoms with van der Waals surface area (Å²) in [5.74, 6) is 1.52. The predicted molar refractivity (Wildman–Crippen MR) is 108 cm³/mol. The van der Waals surface area contributed by atoms with Crippen LogP contribution in [0.1, 0.15) is 19.3 Å². The van der Waals surface area contributed by atoms with Gasteiger partial charge in [-0.1, -0.05) is 18.2 Å². The largest absolute Gasteiger partial charge is 0.381 e. The number of aliphatic imine (C=N–C) groups is 1. The van der Waals surface area contributed by atoms with Gasteiger partial charge in [-0.3, -0.25) is 4.99 Å². The zero-order valence-electron chi connectivity index (χ0n) is 16.2. The summed E-state index contributed by atoms with van der Waals surface area (Å²) >= 11 is 0. The van der Waals surface area contributed by atoms with Crippen LogP contribution in [-0.4, -0.2) is 66.1 Å². The zero-order chi connectivity index (χ0) is 18.5. The molecule has 1 heterocycles. The summed E-state index contributed by atoms with van der Waals surface area (Å²) in [4.78, 5) is 6.50. The van der Waals surface area contributed by atoms with Crippen molar-refractivity contribution in [3.8, 4) is 0 Å². The Labute approximate surface area is 158 Å². The van der Waals surface area contributed by atoms with Crippen molar-refractivity contribution in [1.29, 1.82) is 0 Å². The minimum Gasteiger partial charge on any atom is -0.381 e. The lowest BCUT2D eigenvalue weighted by molar-refractivity contribution is 0.0203. The third kappa shape index (κ3) is 8.06. The number of anilines is 1. The fourth-order valence-electron chi connectivity index (χ4n) is 2.92. The molecule has 6 nitrogen and oxygen atoms in total. The molecule has 0 unspecified atom stereocenters. The fourth-order valence-corrected chi connectivity index (χ4v) is 2.92. The Morgan fingerprint density at radius 3 is 2.65 bits per heavy atom. The zero-order valence-corrected chi connectivity index (χ0v) is 16.2. The van der Waals surface area contributed by atoms with Crippen LogP contribution in [0.2, 0.25) is 0 Å². The molecule has 0 bridgehead atoms. The molecule has 26 heavy (non-hydrogen) atoms. The molecule has 146 valence electrons. The van der Waals surface area contributed by atoms with Gasteiger partial charge in [-0.2, -0.15) is 0 Å². The maximum absolute atomic E-state index is 5.79. The van der Waals surface area contributed by atoms with Crippen molar-refractivity contribution in [2.45, 2.75) is 19.3 Å². The summed E-state index contributed by atoms with van der Waals surface area (Å²) < 4.78 is 11.2. The Hall–Kier alpha value is -1.79. The van der Waals surface area contributed by atoms with Crippen LogP contribution in [0, 0.1) is 5.92 Å². The molecule has 0 spiro atoms. The van der Waals surface area contributed by atoms with Crippen molar-refractivity contribution in [1.82, 2.24) is 10.6 Å². The molecule has 0 aliphatic carbocycles. The van der Waals surface area contributed by atoms with Crippen LogP contribution < -0.4 is 15.5 Å². The van der Waals surface area contributed by atoms with Gasteiger partial charge >= 0.3 is 0 Å². The average molecular weight is 363 g/mol. The van der Waals surface area contributed by atoms with Crippen molar-refractivity contribution in [3.05, 3.63) is 30.3 Å². The highest BCUT2D eigenvalue weighted by Gasteiger charge is 2.13. The maximum atomic E-state index is 5.79. The summed E-state index contributed by atoms with van der Waals surface area (Å²) in [5.41, 5.74) is 1.22. The second-order valence-electron chi connectivity index (χ2n) is 6.67. The third-order valence-corrected chi connectivity index (χ3v) is 4.61. The number of guanidine groups is 1. The number of ether oxygens (including phenoxy) is 2. The van der Waals surface area contributed by atoms with E-state index in [1.165, 1.54) is 5.69 Å². The van der Waals surface area contributed by atoms with Crippen LogP contribution in [0.5, 0.6) is 0 Å². The number of hydrogen-bond acceptors (Lipinski definition) is 4. The average Bonchev–Trinajstić information content (AvgIpc) is 2.70. The van der Waals surface area contributed by atoms with E-state index in [4.69, 9.17) is 9.47 Å². The van der Waals surface area contributed by atoms with Gasteiger partial charge in [0.05, 0.1) is 0 Å². The van der Waals surface area contributed by atoms with Crippen molar-refractivity contribution in [2.24, 2.45) is 10.9 Å². The second kappa shape index (κ2) is 12.5. The van der Waals surface area contributed by atoms with E-state index < -0.39 is 0 Å². The first-order valence-corrected chi connectivity index (χ1v) is 9.66. The number of nitrogens with zero attached hydrogens (tertiary/aromatic N) is 2. The van der Waals surface area contributed by atoms with Gasteiger partial charge in [-0.05, 0) is 37.3 Å². The van der Waals surface area contributed by atoms with Crippen molar-refractivity contribution < 1.29 is 9.47 Å². The molecule has 1 aromatic carbocycles. The lowest BCUT2D eigenvalue weighted by Crippen LogP contribution is -2.41. The topological polar surface area (TPSA) is 58.1 Å². The molecule has 1 fully saturated rings. The summed E-state index contributed by atoms with van der Waals surface area (Å²) in [6.45, 7) is 6.04. The van der Waals surface area contributed by atoms with Gasteiger partial charge in [0.25, 0.3) is 0 Å². The molecule has 2 rings (SSSR count). The van der Waals surface area contributed by atoms with E-state index >= 15 is 0 Å². The Kier molecular flexibility index (Phi) is 9.90. The van der Waals surface area contributed by atoms with Crippen LogP contribution in [0.25, 0.3) is 0 Å². The first-order valence-electron chi connectivity index (χ1n) is 9.66. The van der Waals surface area contributed by atoms with Gasteiger partial charge in [0.15, 0.2) is 5.96 Å². The van der Waals surface area contributed by atoms with Crippen molar-refractivity contribution >= 4 is 11.6 Å². The second-order valence-corrected chi connectivity index (χ2v) is 6.67. The van der Waals surface area contributed by atoms with Gasteiger partial charge in [0.1, 0.15) is 0 Å². The number of rotatable bonds is 10. The summed E-state index contributed by atoms with van der Waals surface area (Å²) in [6, 6.07) is 10.4. The van der Waals surface area contributed by atoms with Gasteiger partial charge in [-0.25, -0.2) is 0 Å². The highest BCUT2D eigenvalue weighted by atomic mass is 16.5. The molecule has 0 saturated carbocycles. The summed E-state index contributed by atoms with van der Waals surface area (Å²) in [7, 11) is 3.90. The Bertz CT molecular complexity index is 504. The van der Waals surface area contributed by atoms with E-state index in [0.29, 0.717) is 5.92 Å². The Morgan fingerprint density at radius 1 is 1.19 bits per heavy atom. The SMILES string of the molecule is CN=C(NCCCOCC1CCOCC1)NCCN(C)c1ccccc1. The van der Waals surface area contributed by atoms with E-state index in [0.717, 1.165) is 71.3 Å². The first kappa shape index (κ1) is 20.5. The molecule has 0 amide bonds. The number of benzene rings is 1. The van der Waals surface area contributed by atoms with Crippen LogP contribution in [0.15, 0.2) is 35.3 Å². The minimum absolute atomic E-state index is 0.674. The van der Waals surface area contributed by atoms with Crippen LogP contribution in [0.3, 0.4) is 0 Å². The van der Waals surface area contributed by atoms with Crippen molar-refractivity contribution in [2.75, 3.05) is 65.1 Å². The number of hydrogen-bond donors (Lipinski definition) is 2. The molecule has 1 aromatic rings. The molecule has 1 saturated heterocycles. The molecule has 1 aliphatic heterocycles. The Balaban J connectivity index is 1.49. The van der Waals surface area contributed by atoms with Gasteiger partial charge in [0, 0.05) is 65.8 Å². The minimum atomic E-state index is 0.674. The van der Waals surface area contributed by atoms with E-state index in [1.54, 1.807) is 7.05 Å². The number of nitrogens with one attached hydrogen (secondary N) is 2. The molecular formula is C20H34N4O2. The lowest BCUT2D eigenvalue weighted by Gasteiger charge is -2.22. The summed E-state index contributed by atoms with van der Waals surface area (Å²) in [6.07, 6.45) is 3.24. The van der Waals surface area contributed by atoms with Crippen LogP contribution in [-0.2, 0) is 9.47 Å². The van der Waals surface area contributed by atoms with E-state index in [9.17, 15) is 0 Å². The number of likely N-dealkylation sites (N-methyl/N-ethyl adjacent to an activating group) is 1. The fraction of sp³-hybridized carbons (Fsp3) is 0.650. The smallest absolute Gasteiger partial charge is 0.191 e. The monoisotopic (exact) mass is 362 g/mol. The molecule has 0 aromatic heterocycles. The summed E-state index contributed by atoms with van der Waals surface area (Å²) in [5, 5.41) is 6.70. The standard InChI is InChI=1S/C20H34N4O2/c1-21-20(23-12-13-24(2)19-7-4-3-5-8-19)22-11-6-14-26-17-18-9-15-25-16-10-18/h3-5,7-8,18H,6,9-17H2,1-2H3,(H2,21,22,23). The molecule has 0 atom stereocenters.